The molecule has 0 unspecified atom stereocenters. The molecule has 4 aromatic rings. The average Bonchev–Trinajstić information content (AvgIpc) is 3.17. The molecule has 0 saturated carbocycles. The van der Waals surface area contributed by atoms with Gasteiger partial charge in [-0.05, 0) is 39.2 Å². The number of benzene rings is 2. The van der Waals surface area contributed by atoms with Crippen LogP contribution in [-0.2, 0) is 19.7 Å². The summed E-state index contributed by atoms with van der Waals surface area (Å²) in [4.78, 5) is 28.3. The van der Waals surface area contributed by atoms with E-state index in [1.165, 1.54) is 16.8 Å². The lowest BCUT2D eigenvalue weighted by molar-refractivity contribution is 0.0744. The van der Waals surface area contributed by atoms with Crippen molar-refractivity contribution in [3.8, 4) is 5.75 Å². The predicted molar refractivity (Wildman–Crippen MR) is 130 cm³/mol. The third-order valence-corrected chi connectivity index (χ3v) is 6.65. The molecule has 1 aliphatic heterocycles. The molecule has 34 heavy (non-hydrogen) atoms. The highest BCUT2D eigenvalue weighted by Gasteiger charge is 2.33. The molecule has 0 saturated heterocycles. The van der Waals surface area contributed by atoms with Gasteiger partial charge in [-0.15, -0.1) is 0 Å². The zero-order valence-corrected chi connectivity index (χ0v) is 20.4. The minimum atomic E-state index is -0.540. The van der Waals surface area contributed by atoms with Crippen molar-refractivity contribution in [3.05, 3.63) is 91.1 Å². The van der Waals surface area contributed by atoms with Crippen LogP contribution in [0.15, 0.2) is 57.9 Å². The molecule has 0 spiro atoms. The van der Waals surface area contributed by atoms with Crippen LogP contribution in [0.2, 0.25) is 5.02 Å². The van der Waals surface area contributed by atoms with E-state index >= 15 is 0 Å². The highest BCUT2D eigenvalue weighted by molar-refractivity contribution is 9.10. The van der Waals surface area contributed by atoms with Crippen molar-refractivity contribution >= 4 is 44.3 Å². The van der Waals surface area contributed by atoms with Crippen LogP contribution in [0.5, 0.6) is 5.75 Å². The summed E-state index contributed by atoms with van der Waals surface area (Å²) in [5, 5.41) is 4.65. The van der Waals surface area contributed by atoms with Crippen molar-refractivity contribution in [1.29, 1.82) is 0 Å². The first-order valence-corrected chi connectivity index (χ1v) is 11.7. The normalized spacial score (nSPS) is 13.4. The molecule has 0 bridgehead atoms. The maximum atomic E-state index is 13.6. The Morgan fingerprint density at radius 2 is 1.88 bits per heavy atom. The largest absolute Gasteiger partial charge is 0.486 e. The number of hydrogen-bond donors (Lipinski definition) is 0. The Hall–Kier alpha value is -3.17. The van der Waals surface area contributed by atoms with E-state index in [-0.39, 0.29) is 35.2 Å². The lowest BCUT2D eigenvalue weighted by atomic mass is 10.2. The van der Waals surface area contributed by atoms with E-state index in [1.54, 1.807) is 22.6 Å². The van der Waals surface area contributed by atoms with Gasteiger partial charge in [0.2, 0.25) is 0 Å². The third-order valence-electron chi connectivity index (χ3n) is 5.82. The van der Waals surface area contributed by atoms with Crippen molar-refractivity contribution in [3.63, 3.8) is 0 Å². The van der Waals surface area contributed by atoms with Crippen LogP contribution >= 0.6 is 27.5 Å². The van der Waals surface area contributed by atoms with E-state index in [0.29, 0.717) is 34.5 Å². The molecular weight excluding hydrogens is 527 g/mol. The molecule has 0 aliphatic carbocycles. The second kappa shape index (κ2) is 8.88. The van der Waals surface area contributed by atoms with Crippen molar-refractivity contribution in [1.82, 2.24) is 19.2 Å². The van der Waals surface area contributed by atoms with Gasteiger partial charge in [0.05, 0.1) is 17.1 Å². The lowest BCUT2D eigenvalue weighted by Crippen LogP contribution is -2.37. The first-order valence-electron chi connectivity index (χ1n) is 10.5. The molecule has 0 atom stereocenters. The summed E-state index contributed by atoms with van der Waals surface area (Å²) in [6, 6.07) is 13.8. The van der Waals surface area contributed by atoms with Gasteiger partial charge in [0.25, 0.3) is 11.5 Å². The minimum absolute atomic E-state index is 0.0365. The summed E-state index contributed by atoms with van der Waals surface area (Å²) in [7, 11) is 1.72. The summed E-state index contributed by atoms with van der Waals surface area (Å²) in [6.45, 7) is 1.26. The molecule has 1 amide bonds. The predicted octanol–water partition coefficient (Wildman–Crippen LogP) is 4.47. The van der Waals surface area contributed by atoms with E-state index < -0.39 is 11.4 Å². The maximum Gasteiger partial charge on any atom is 0.280 e. The second-order valence-corrected chi connectivity index (χ2v) is 9.21. The Labute approximate surface area is 207 Å². The molecule has 2 aromatic carbocycles. The van der Waals surface area contributed by atoms with Crippen molar-refractivity contribution in [2.24, 2.45) is 0 Å². The van der Waals surface area contributed by atoms with Crippen molar-refractivity contribution in [2.45, 2.75) is 19.7 Å². The van der Waals surface area contributed by atoms with Gasteiger partial charge in [-0.3, -0.25) is 9.59 Å². The number of hydrogen-bond acceptors (Lipinski definition) is 4. The Balaban J connectivity index is 1.68. The van der Waals surface area contributed by atoms with Crippen LogP contribution in [0, 0.1) is 5.82 Å². The molecule has 5 rings (SSSR count). The fraction of sp³-hybridized carbons (Fsp3) is 0.208. The van der Waals surface area contributed by atoms with Crippen molar-refractivity contribution in [2.75, 3.05) is 13.6 Å². The quantitative estimate of drug-likeness (QED) is 0.371. The highest BCUT2D eigenvalue weighted by atomic mass is 79.9. The number of halogens is 3. The standard InChI is InChI=1S/C24H19BrClFN4O3/c1-29-9-10-30-19-18(21(20(30)24(29)33)34-13-14-5-3-2-4-6-14)23(32)31(28-22(19)25)12-15-7-8-17(27)16(26)11-15/h2-8,11H,9-10,12-13H2,1H3. The van der Waals surface area contributed by atoms with E-state index in [9.17, 15) is 14.0 Å². The number of fused-ring (bicyclic) bond motifs is 3. The number of amides is 1. The van der Waals surface area contributed by atoms with Crippen LogP contribution in [0.1, 0.15) is 21.6 Å². The molecule has 2 aromatic heterocycles. The van der Waals surface area contributed by atoms with E-state index in [0.717, 1.165) is 5.56 Å². The number of rotatable bonds is 5. The smallest absolute Gasteiger partial charge is 0.280 e. The van der Waals surface area contributed by atoms with E-state index in [1.807, 2.05) is 30.3 Å². The van der Waals surface area contributed by atoms with E-state index in [2.05, 4.69) is 21.0 Å². The van der Waals surface area contributed by atoms with Gasteiger partial charge < -0.3 is 14.2 Å². The van der Waals surface area contributed by atoms with Gasteiger partial charge in [0, 0.05) is 20.1 Å². The molecule has 0 radical (unpaired) electrons. The van der Waals surface area contributed by atoms with Crippen molar-refractivity contribution < 1.29 is 13.9 Å². The highest BCUT2D eigenvalue weighted by Crippen LogP contribution is 2.37. The fourth-order valence-corrected chi connectivity index (χ4v) is 4.90. The molecule has 0 fully saturated rings. The molecule has 7 nitrogen and oxygen atoms in total. The van der Waals surface area contributed by atoms with Gasteiger partial charge in [0.1, 0.15) is 17.8 Å². The van der Waals surface area contributed by atoms with Crippen LogP contribution in [-0.4, -0.2) is 38.7 Å². The van der Waals surface area contributed by atoms with Gasteiger partial charge in [-0.25, -0.2) is 9.07 Å². The number of aromatic nitrogens is 3. The number of nitrogens with zero attached hydrogens (tertiary/aromatic N) is 4. The summed E-state index contributed by atoms with van der Waals surface area (Å²) < 4.78 is 23.2. The molecule has 174 valence electrons. The summed E-state index contributed by atoms with van der Waals surface area (Å²) in [5.41, 5.74) is 1.93. The fourth-order valence-electron chi connectivity index (χ4n) is 4.09. The third kappa shape index (κ3) is 3.88. The lowest BCUT2D eigenvalue weighted by Gasteiger charge is -2.25. The molecule has 3 heterocycles. The monoisotopic (exact) mass is 544 g/mol. The molecular formula is C24H19BrClFN4O3. The zero-order valence-electron chi connectivity index (χ0n) is 18.1. The van der Waals surface area contributed by atoms with Gasteiger partial charge >= 0.3 is 0 Å². The van der Waals surface area contributed by atoms with Crippen LogP contribution in [0.4, 0.5) is 4.39 Å². The van der Waals surface area contributed by atoms with Gasteiger partial charge in [-0.1, -0.05) is 48.0 Å². The Morgan fingerprint density at radius 1 is 1.12 bits per heavy atom. The van der Waals surface area contributed by atoms with Crippen LogP contribution < -0.4 is 10.3 Å². The van der Waals surface area contributed by atoms with Gasteiger partial charge in [0.15, 0.2) is 16.0 Å². The van der Waals surface area contributed by atoms with Crippen LogP contribution in [0.3, 0.4) is 0 Å². The number of carbonyl (C=O) groups is 1. The maximum absolute atomic E-state index is 13.6. The molecule has 10 heteroatoms. The second-order valence-electron chi connectivity index (χ2n) is 8.06. The summed E-state index contributed by atoms with van der Waals surface area (Å²) >= 11 is 9.40. The minimum Gasteiger partial charge on any atom is -0.486 e. The SMILES string of the molecule is CN1CCn2c(c(OCc3ccccc3)c3c(=O)n(Cc4ccc(F)c(Cl)c4)nc(Br)c32)C1=O. The summed E-state index contributed by atoms with van der Waals surface area (Å²) in [6.07, 6.45) is 0. The van der Waals surface area contributed by atoms with Crippen LogP contribution in [0.25, 0.3) is 10.9 Å². The topological polar surface area (TPSA) is 69.4 Å². The number of ether oxygens (including phenoxy) is 1. The van der Waals surface area contributed by atoms with Gasteiger partial charge in [-0.2, -0.15) is 5.10 Å². The summed E-state index contributed by atoms with van der Waals surface area (Å²) in [5.74, 6) is -0.537. The average molecular weight is 546 g/mol. The number of carbonyl (C=O) groups excluding carboxylic acids is 1. The molecule has 1 aliphatic rings. The Morgan fingerprint density at radius 3 is 2.62 bits per heavy atom. The zero-order chi connectivity index (χ0) is 24.0. The Bertz CT molecular complexity index is 1490. The number of likely N-dealkylation sites (N-methyl/N-ethyl adjacent to an activating group) is 1. The first kappa shape index (κ1) is 22.6. The van der Waals surface area contributed by atoms with E-state index in [4.69, 9.17) is 16.3 Å². The molecule has 0 N–H and O–H groups in total. The first-order chi connectivity index (χ1) is 16.3. The Kier molecular flexibility index (Phi) is 5.91.